The first-order chi connectivity index (χ1) is 7.20. The van der Waals surface area contributed by atoms with Crippen molar-refractivity contribution >= 4 is 5.97 Å². The zero-order chi connectivity index (χ0) is 11.5. The SMILES string of the molecule is COCCN(CCCC(=O)O)CCOC. The normalized spacial score (nSPS) is 10.9. The van der Waals surface area contributed by atoms with E-state index in [2.05, 4.69) is 4.90 Å². The predicted molar refractivity (Wildman–Crippen MR) is 57.1 cm³/mol. The lowest BCUT2D eigenvalue weighted by molar-refractivity contribution is -0.137. The molecule has 0 aromatic heterocycles. The number of aliphatic carboxylic acids is 1. The fourth-order valence-electron chi connectivity index (χ4n) is 1.23. The van der Waals surface area contributed by atoms with Gasteiger partial charge in [-0.25, -0.2) is 0 Å². The highest BCUT2D eigenvalue weighted by atomic mass is 16.5. The number of carboxylic acids is 1. The quantitative estimate of drug-likeness (QED) is 0.578. The van der Waals surface area contributed by atoms with E-state index in [1.807, 2.05) is 0 Å². The Balaban J connectivity index is 3.63. The monoisotopic (exact) mass is 219 g/mol. The van der Waals surface area contributed by atoms with Gasteiger partial charge in [0.2, 0.25) is 0 Å². The Hall–Kier alpha value is -0.650. The maximum absolute atomic E-state index is 10.3. The molecule has 0 amide bonds. The van der Waals surface area contributed by atoms with Crippen molar-refractivity contribution < 1.29 is 19.4 Å². The molecule has 5 heteroatoms. The summed E-state index contributed by atoms with van der Waals surface area (Å²) in [6.45, 7) is 3.74. The fourth-order valence-corrected chi connectivity index (χ4v) is 1.23. The van der Waals surface area contributed by atoms with Crippen molar-refractivity contribution in [2.75, 3.05) is 47.1 Å². The van der Waals surface area contributed by atoms with Crippen molar-refractivity contribution in [2.45, 2.75) is 12.8 Å². The molecule has 0 aliphatic rings. The van der Waals surface area contributed by atoms with Gasteiger partial charge < -0.3 is 14.6 Å². The van der Waals surface area contributed by atoms with Crippen LogP contribution in [0, 0.1) is 0 Å². The van der Waals surface area contributed by atoms with E-state index in [1.165, 1.54) is 0 Å². The highest BCUT2D eigenvalue weighted by molar-refractivity contribution is 5.66. The van der Waals surface area contributed by atoms with Crippen molar-refractivity contribution in [3.8, 4) is 0 Å². The summed E-state index contributed by atoms with van der Waals surface area (Å²) in [6, 6.07) is 0. The van der Waals surface area contributed by atoms with Crippen molar-refractivity contribution in [3.63, 3.8) is 0 Å². The smallest absolute Gasteiger partial charge is 0.303 e. The number of carboxylic acid groups (broad SMARTS) is 1. The van der Waals surface area contributed by atoms with Gasteiger partial charge in [0.05, 0.1) is 13.2 Å². The van der Waals surface area contributed by atoms with Crippen molar-refractivity contribution in [1.82, 2.24) is 4.90 Å². The van der Waals surface area contributed by atoms with Crippen LogP contribution >= 0.6 is 0 Å². The van der Waals surface area contributed by atoms with Gasteiger partial charge >= 0.3 is 5.97 Å². The zero-order valence-electron chi connectivity index (χ0n) is 9.57. The van der Waals surface area contributed by atoms with Gasteiger partial charge in [0.1, 0.15) is 0 Å². The van der Waals surface area contributed by atoms with Crippen molar-refractivity contribution in [1.29, 1.82) is 0 Å². The molecule has 1 N–H and O–H groups in total. The van der Waals surface area contributed by atoms with Crippen LogP contribution in [-0.2, 0) is 14.3 Å². The van der Waals surface area contributed by atoms with Crippen molar-refractivity contribution in [3.05, 3.63) is 0 Å². The molecule has 0 heterocycles. The van der Waals surface area contributed by atoms with Crippen LogP contribution in [-0.4, -0.2) is 63.0 Å². The molecule has 0 aliphatic carbocycles. The van der Waals surface area contributed by atoms with Gasteiger partial charge in [-0.15, -0.1) is 0 Å². The summed E-state index contributed by atoms with van der Waals surface area (Å²) in [5.41, 5.74) is 0. The van der Waals surface area contributed by atoms with Crippen molar-refractivity contribution in [2.24, 2.45) is 0 Å². The molecule has 0 saturated carbocycles. The van der Waals surface area contributed by atoms with E-state index < -0.39 is 5.97 Å². The topological polar surface area (TPSA) is 59.0 Å². The van der Waals surface area contributed by atoms with E-state index in [0.717, 1.165) is 19.6 Å². The molecule has 0 rings (SSSR count). The molecule has 15 heavy (non-hydrogen) atoms. The third-order valence-corrected chi connectivity index (χ3v) is 2.09. The van der Waals surface area contributed by atoms with E-state index in [-0.39, 0.29) is 6.42 Å². The molecule has 0 radical (unpaired) electrons. The number of carbonyl (C=O) groups is 1. The van der Waals surface area contributed by atoms with Gasteiger partial charge in [-0.05, 0) is 13.0 Å². The first kappa shape index (κ1) is 14.3. The first-order valence-electron chi connectivity index (χ1n) is 5.12. The molecule has 0 fully saturated rings. The molecule has 0 atom stereocenters. The Labute approximate surface area is 91.0 Å². The van der Waals surface area contributed by atoms with Crippen LogP contribution < -0.4 is 0 Å². The predicted octanol–water partition coefficient (Wildman–Crippen LogP) is 0.446. The van der Waals surface area contributed by atoms with Crippen LogP contribution in [0.1, 0.15) is 12.8 Å². The second-order valence-electron chi connectivity index (χ2n) is 3.32. The number of hydrogen-bond acceptors (Lipinski definition) is 4. The Morgan fingerprint density at radius 3 is 2.07 bits per heavy atom. The second-order valence-corrected chi connectivity index (χ2v) is 3.32. The third-order valence-electron chi connectivity index (χ3n) is 2.09. The molecule has 0 spiro atoms. The van der Waals surface area contributed by atoms with Crippen LogP contribution in [0.4, 0.5) is 0 Å². The Morgan fingerprint density at radius 2 is 1.67 bits per heavy atom. The summed E-state index contributed by atoms with van der Waals surface area (Å²) in [5, 5.41) is 8.51. The lowest BCUT2D eigenvalue weighted by Gasteiger charge is -2.20. The Bertz CT molecular complexity index is 156. The van der Waals surface area contributed by atoms with E-state index in [1.54, 1.807) is 14.2 Å². The number of hydrogen-bond donors (Lipinski definition) is 1. The van der Waals surface area contributed by atoms with Gasteiger partial charge in [-0.1, -0.05) is 0 Å². The minimum atomic E-state index is -0.742. The number of ether oxygens (including phenoxy) is 2. The largest absolute Gasteiger partial charge is 0.481 e. The van der Waals surface area contributed by atoms with Crippen LogP contribution in [0.5, 0.6) is 0 Å². The van der Waals surface area contributed by atoms with E-state index >= 15 is 0 Å². The molecule has 5 nitrogen and oxygen atoms in total. The molecule has 0 aromatic rings. The lowest BCUT2D eigenvalue weighted by Crippen LogP contribution is -2.31. The van der Waals surface area contributed by atoms with Crippen LogP contribution in [0.2, 0.25) is 0 Å². The zero-order valence-corrected chi connectivity index (χ0v) is 9.57. The summed E-state index contributed by atoms with van der Waals surface area (Å²) in [6.07, 6.45) is 0.888. The summed E-state index contributed by atoms with van der Waals surface area (Å²) in [7, 11) is 3.32. The maximum Gasteiger partial charge on any atom is 0.303 e. The molecule has 0 aliphatic heterocycles. The molecule has 0 aromatic carbocycles. The number of rotatable bonds is 10. The lowest BCUT2D eigenvalue weighted by atomic mass is 10.3. The molecule has 0 bridgehead atoms. The van der Waals surface area contributed by atoms with E-state index in [0.29, 0.717) is 19.6 Å². The van der Waals surface area contributed by atoms with Crippen LogP contribution in [0.3, 0.4) is 0 Å². The van der Waals surface area contributed by atoms with Gasteiger partial charge in [0.15, 0.2) is 0 Å². The minimum Gasteiger partial charge on any atom is -0.481 e. The summed E-state index contributed by atoms with van der Waals surface area (Å²) >= 11 is 0. The fraction of sp³-hybridized carbons (Fsp3) is 0.900. The van der Waals surface area contributed by atoms with Gasteiger partial charge in [-0.2, -0.15) is 0 Å². The Morgan fingerprint density at radius 1 is 1.13 bits per heavy atom. The highest BCUT2D eigenvalue weighted by Crippen LogP contribution is 1.96. The highest BCUT2D eigenvalue weighted by Gasteiger charge is 2.05. The average molecular weight is 219 g/mol. The second kappa shape index (κ2) is 9.89. The Kier molecular flexibility index (Phi) is 9.46. The summed E-state index contributed by atoms with van der Waals surface area (Å²) < 4.78 is 9.96. The first-order valence-corrected chi connectivity index (χ1v) is 5.12. The van der Waals surface area contributed by atoms with Gasteiger partial charge in [0, 0.05) is 33.7 Å². The molecule has 0 unspecified atom stereocenters. The average Bonchev–Trinajstić information content (AvgIpc) is 2.20. The standard InChI is InChI=1S/C10H21NO4/c1-14-8-6-11(7-9-15-2)5-3-4-10(12)13/h3-9H2,1-2H3,(H,12,13). The van der Waals surface area contributed by atoms with Gasteiger partial charge in [0.25, 0.3) is 0 Å². The molecule has 90 valence electrons. The summed E-state index contributed by atoms with van der Waals surface area (Å²) in [4.78, 5) is 12.5. The minimum absolute atomic E-state index is 0.219. The molecule has 0 saturated heterocycles. The number of nitrogens with zero attached hydrogens (tertiary/aromatic N) is 1. The van der Waals surface area contributed by atoms with Gasteiger partial charge in [-0.3, -0.25) is 9.69 Å². The third kappa shape index (κ3) is 9.65. The van der Waals surface area contributed by atoms with Crippen LogP contribution in [0.15, 0.2) is 0 Å². The molecular formula is C10H21NO4. The van der Waals surface area contributed by atoms with E-state index in [9.17, 15) is 4.79 Å². The maximum atomic E-state index is 10.3. The summed E-state index contributed by atoms with van der Waals surface area (Å²) in [5.74, 6) is -0.742. The van der Waals surface area contributed by atoms with E-state index in [4.69, 9.17) is 14.6 Å². The van der Waals surface area contributed by atoms with Crippen LogP contribution in [0.25, 0.3) is 0 Å². The number of methoxy groups -OCH3 is 2. The molecular weight excluding hydrogens is 198 g/mol.